The molecule has 0 aliphatic carbocycles. The number of halogens is 1. The molecule has 1 aromatic heterocycles. The molecule has 0 spiro atoms. The van der Waals surface area contributed by atoms with Crippen molar-refractivity contribution in [2.24, 2.45) is 0 Å². The van der Waals surface area contributed by atoms with E-state index >= 15 is 0 Å². The fourth-order valence-electron chi connectivity index (χ4n) is 0.129. The van der Waals surface area contributed by atoms with Crippen molar-refractivity contribution in [2.45, 2.75) is 0 Å². The molecule has 0 fully saturated rings. The van der Waals surface area contributed by atoms with Crippen LogP contribution in [0, 0.1) is 0 Å². The Morgan fingerprint density at radius 3 is 2.50 bits per heavy atom. The lowest BCUT2D eigenvalue weighted by Gasteiger charge is -1.44. The zero-order valence-electron chi connectivity index (χ0n) is 2.83. The van der Waals surface area contributed by atoms with Crippen LogP contribution >= 0.6 is 0 Å². The van der Waals surface area contributed by atoms with Gasteiger partial charge < -0.3 is 0 Å². The maximum Gasteiger partial charge on any atom is 0.161 e. The predicted molar refractivity (Wildman–Crippen MR) is 16.7 cm³/mol. The van der Waals surface area contributed by atoms with E-state index < -0.39 is 0 Å². The molecule has 34 valence electrons. The predicted octanol–water partition coefficient (Wildman–Crippen LogP) is -0.648. The van der Waals surface area contributed by atoms with E-state index in [0.717, 1.165) is 0 Å². The van der Waals surface area contributed by atoms with Crippen LogP contribution in [0.25, 0.3) is 0 Å². The molecule has 0 aliphatic rings. The third-order valence-corrected chi connectivity index (χ3v) is 0.270. The number of H-pyrrole nitrogens is 1. The first-order chi connectivity index (χ1) is 2.50. The molecule has 1 rings (SSSR count). The first kappa shape index (κ1) is 5.00. The Kier molecular flexibility index (Phi) is 1.88. The molecule has 1 N–H and O–H groups in total. The molecule has 6 heavy (non-hydrogen) atoms. The van der Waals surface area contributed by atoms with Crippen LogP contribution in [0.2, 0.25) is 0 Å². The van der Waals surface area contributed by atoms with Crippen molar-refractivity contribution in [1.29, 1.82) is 0 Å². The first-order valence-electron chi connectivity index (χ1n) is 1.16. The van der Waals surface area contributed by atoms with Gasteiger partial charge >= 0.3 is 0 Å². The Hall–Kier alpha value is -1.00. The van der Waals surface area contributed by atoms with Crippen LogP contribution in [0.3, 0.4) is 0 Å². The molecule has 0 unspecified atom stereocenters. The molecule has 0 atom stereocenters. The number of hydrogen-bond acceptors (Lipinski definition) is 3. The summed E-state index contributed by atoms with van der Waals surface area (Å²) in [5, 5.41) is 12.2. The van der Waals surface area contributed by atoms with Crippen molar-refractivity contribution in [1.82, 2.24) is 20.6 Å². The van der Waals surface area contributed by atoms with Crippen LogP contribution in [0.15, 0.2) is 6.33 Å². The van der Waals surface area contributed by atoms with Gasteiger partial charge in [0.2, 0.25) is 0 Å². The summed E-state index contributed by atoms with van der Waals surface area (Å²) in [5.41, 5.74) is 0. The van der Waals surface area contributed by atoms with Gasteiger partial charge in [0.25, 0.3) is 0 Å². The molecule has 1 heterocycles. The summed E-state index contributed by atoms with van der Waals surface area (Å²) in [5.74, 6) is 0. The molecule has 0 amide bonds. The Morgan fingerprint density at radius 1 is 1.50 bits per heavy atom. The van der Waals surface area contributed by atoms with Gasteiger partial charge in [0.05, 0.1) is 0 Å². The zero-order chi connectivity index (χ0) is 3.54. The number of rotatable bonds is 0. The second kappa shape index (κ2) is 2.25. The molecule has 0 aliphatic heterocycles. The summed E-state index contributed by atoms with van der Waals surface area (Å²) >= 11 is 0. The minimum atomic E-state index is 0. The molecular weight excluding hydrogens is 87.0 g/mol. The average Bonchev–Trinajstić information content (AvgIpc) is 1.76. The van der Waals surface area contributed by atoms with Gasteiger partial charge in [0.1, 0.15) is 0 Å². The van der Waals surface area contributed by atoms with Crippen molar-refractivity contribution >= 4 is 0 Å². The molecule has 0 saturated heterocycles. The highest BCUT2D eigenvalue weighted by Crippen LogP contribution is 1.43. The molecular formula is CH3FN4. The van der Waals surface area contributed by atoms with Crippen LogP contribution in [0.4, 0.5) is 4.70 Å². The summed E-state index contributed by atoms with van der Waals surface area (Å²) in [6.45, 7) is 0. The van der Waals surface area contributed by atoms with Gasteiger partial charge in [0, 0.05) is 0 Å². The number of hydrogen-bond donors (Lipinski definition) is 1. The summed E-state index contributed by atoms with van der Waals surface area (Å²) in [6, 6.07) is 0. The lowest BCUT2D eigenvalue weighted by atomic mass is 11.4. The Labute approximate surface area is 32.9 Å². The van der Waals surface area contributed by atoms with Crippen LogP contribution < -0.4 is 0 Å². The SMILES string of the molecule is F.c1nn[nH]n1. The Morgan fingerprint density at radius 2 is 2.33 bits per heavy atom. The smallest absolute Gasteiger partial charge is 0.161 e. The van der Waals surface area contributed by atoms with E-state index in [9.17, 15) is 0 Å². The topological polar surface area (TPSA) is 54.5 Å². The zero-order valence-corrected chi connectivity index (χ0v) is 2.83. The Bertz CT molecular complexity index is 64.0. The van der Waals surface area contributed by atoms with E-state index in [-0.39, 0.29) is 4.70 Å². The number of aromatic amines is 1. The lowest BCUT2D eigenvalue weighted by molar-refractivity contribution is 0.881. The summed E-state index contributed by atoms with van der Waals surface area (Å²) in [6.07, 6.45) is 1.33. The lowest BCUT2D eigenvalue weighted by Crippen LogP contribution is -1.64. The van der Waals surface area contributed by atoms with Gasteiger partial charge in [-0.25, -0.2) is 0 Å². The van der Waals surface area contributed by atoms with Crippen molar-refractivity contribution in [3.8, 4) is 0 Å². The van der Waals surface area contributed by atoms with Crippen molar-refractivity contribution in [2.75, 3.05) is 0 Å². The molecule has 5 heteroatoms. The highest BCUT2D eigenvalue weighted by Gasteiger charge is 1.58. The molecule has 1 aromatic rings. The number of nitrogens with zero attached hydrogens (tertiary/aromatic N) is 3. The monoisotopic (exact) mass is 90.0 g/mol. The van der Waals surface area contributed by atoms with Gasteiger partial charge in [-0.15, -0.1) is 10.2 Å². The van der Waals surface area contributed by atoms with E-state index in [1.54, 1.807) is 0 Å². The molecule has 0 aromatic carbocycles. The maximum absolute atomic E-state index is 3.38. The fourth-order valence-corrected chi connectivity index (χ4v) is 0.129. The third kappa shape index (κ3) is 0.750. The summed E-state index contributed by atoms with van der Waals surface area (Å²) in [7, 11) is 0. The van der Waals surface area contributed by atoms with Gasteiger partial charge in [-0.05, 0) is 0 Å². The Balaban J connectivity index is 0.000000250. The third-order valence-electron chi connectivity index (χ3n) is 0.270. The summed E-state index contributed by atoms with van der Waals surface area (Å²) in [4.78, 5) is 0. The van der Waals surface area contributed by atoms with Crippen molar-refractivity contribution in [3.63, 3.8) is 0 Å². The van der Waals surface area contributed by atoms with Crippen molar-refractivity contribution < 1.29 is 4.70 Å². The van der Waals surface area contributed by atoms with E-state index in [4.69, 9.17) is 0 Å². The second-order valence-electron chi connectivity index (χ2n) is 0.560. The van der Waals surface area contributed by atoms with Gasteiger partial charge in [0.15, 0.2) is 6.33 Å². The first-order valence-corrected chi connectivity index (χ1v) is 1.16. The molecule has 4 nitrogen and oxygen atoms in total. The minimum absolute atomic E-state index is 0. The largest absolute Gasteiger partial charge is 0.269 e. The number of tetrazole rings is 1. The summed E-state index contributed by atoms with van der Waals surface area (Å²) < 4.78 is 0. The second-order valence-corrected chi connectivity index (χ2v) is 0.560. The molecule has 0 radical (unpaired) electrons. The normalized spacial score (nSPS) is 6.67. The van der Waals surface area contributed by atoms with Gasteiger partial charge in [-0.2, -0.15) is 5.21 Å². The van der Waals surface area contributed by atoms with Gasteiger partial charge in [-0.3, -0.25) is 4.70 Å². The standard InChI is InChI=1S/CH2N4.FH/c1-2-4-5-3-1;/h1H,(H,2,3,4,5);1H. The van der Waals surface area contributed by atoms with Crippen LogP contribution in [-0.4, -0.2) is 20.6 Å². The molecule has 0 bridgehead atoms. The number of nitrogens with one attached hydrogen (secondary N) is 1. The van der Waals surface area contributed by atoms with Gasteiger partial charge in [-0.1, -0.05) is 5.21 Å². The highest BCUT2D eigenvalue weighted by atomic mass is 19.0. The highest BCUT2D eigenvalue weighted by molar-refractivity contribution is 4.24. The van der Waals surface area contributed by atoms with Crippen LogP contribution in [-0.2, 0) is 0 Å². The van der Waals surface area contributed by atoms with Crippen LogP contribution in [0.1, 0.15) is 0 Å². The fraction of sp³-hybridized carbons (Fsp3) is 0. The maximum atomic E-state index is 3.38. The average molecular weight is 90.1 g/mol. The number of aromatic nitrogens is 4. The van der Waals surface area contributed by atoms with E-state index in [1.165, 1.54) is 6.33 Å². The van der Waals surface area contributed by atoms with E-state index in [0.29, 0.717) is 0 Å². The van der Waals surface area contributed by atoms with E-state index in [2.05, 4.69) is 20.6 Å². The van der Waals surface area contributed by atoms with Crippen LogP contribution in [0.5, 0.6) is 0 Å². The quantitative estimate of drug-likeness (QED) is 0.460. The minimum Gasteiger partial charge on any atom is -0.269 e. The van der Waals surface area contributed by atoms with E-state index in [1.807, 2.05) is 0 Å². The van der Waals surface area contributed by atoms with Crippen molar-refractivity contribution in [3.05, 3.63) is 6.33 Å². The molecule has 0 saturated carbocycles.